The molecule has 1 fully saturated rings. The lowest BCUT2D eigenvalue weighted by molar-refractivity contribution is -0.122. The Morgan fingerprint density at radius 3 is 2.82 bits per heavy atom. The summed E-state index contributed by atoms with van der Waals surface area (Å²) in [6.45, 7) is 5.14. The molecule has 124 valence electrons. The van der Waals surface area contributed by atoms with Crippen LogP contribution in [0.4, 0.5) is 0 Å². The predicted molar refractivity (Wildman–Crippen MR) is 91.4 cm³/mol. The molecule has 1 amide bonds. The Hall–Kier alpha value is -1.26. The first-order chi connectivity index (χ1) is 10.1. The van der Waals surface area contributed by atoms with Gasteiger partial charge in [0.25, 0.3) is 0 Å². The summed E-state index contributed by atoms with van der Waals surface area (Å²) in [5, 5.41) is 2.99. The van der Waals surface area contributed by atoms with Gasteiger partial charge in [0, 0.05) is 24.6 Å². The molecular weight excluding hydrogens is 300 g/mol. The molecule has 0 saturated heterocycles. The lowest BCUT2D eigenvalue weighted by Gasteiger charge is -2.16. The number of carbonyl (C=O) groups is 1. The van der Waals surface area contributed by atoms with E-state index in [1.54, 1.807) is 0 Å². The second-order valence-corrected chi connectivity index (χ2v) is 5.88. The molecular formula is C17H27ClN2O2. The van der Waals surface area contributed by atoms with Gasteiger partial charge in [-0.3, -0.25) is 4.79 Å². The number of carbonyl (C=O) groups excluding carboxylic acids is 1. The molecule has 0 heterocycles. The molecule has 1 aromatic carbocycles. The maximum Gasteiger partial charge on any atom is 0.220 e. The number of nitrogens with one attached hydrogen (secondary N) is 1. The van der Waals surface area contributed by atoms with Crippen molar-refractivity contribution >= 4 is 18.3 Å². The van der Waals surface area contributed by atoms with Gasteiger partial charge >= 0.3 is 0 Å². The lowest BCUT2D eigenvalue weighted by atomic mass is 10.00. The summed E-state index contributed by atoms with van der Waals surface area (Å²) in [6, 6.07) is 6.26. The van der Waals surface area contributed by atoms with Crippen LogP contribution in [0.25, 0.3) is 0 Å². The molecule has 0 radical (unpaired) electrons. The second kappa shape index (κ2) is 9.01. The zero-order chi connectivity index (χ0) is 15.2. The Morgan fingerprint density at radius 1 is 1.41 bits per heavy atom. The predicted octanol–water partition coefficient (Wildman–Crippen LogP) is 2.95. The van der Waals surface area contributed by atoms with Gasteiger partial charge < -0.3 is 15.8 Å². The first-order valence-corrected chi connectivity index (χ1v) is 7.84. The molecule has 0 unspecified atom stereocenters. The zero-order valence-electron chi connectivity index (χ0n) is 13.4. The summed E-state index contributed by atoms with van der Waals surface area (Å²) < 4.78 is 5.63. The minimum absolute atomic E-state index is 0. The van der Waals surface area contributed by atoms with Crippen molar-refractivity contribution < 1.29 is 9.53 Å². The number of aryl methyl sites for hydroxylation is 1. The highest BCUT2D eigenvalue weighted by Gasteiger charge is 2.25. The van der Waals surface area contributed by atoms with Crippen molar-refractivity contribution in [1.29, 1.82) is 0 Å². The minimum atomic E-state index is 0. The van der Waals surface area contributed by atoms with E-state index in [1.807, 2.05) is 32.0 Å². The maximum atomic E-state index is 12.0. The van der Waals surface area contributed by atoms with Gasteiger partial charge in [-0.15, -0.1) is 12.4 Å². The normalized spacial score (nSPS) is 20.3. The number of rotatable bonds is 6. The van der Waals surface area contributed by atoms with Crippen LogP contribution in [-0.2, 0) is 11.3 Å². The van der Waals surface area contributed by atoms with E-state index in [-0.39, 0.29) is 24.4 Å². The third-order valence-electron chi connectivity index (χ3n) is 4.16. The molecule has 5 heteroatoms. The number of halogens is 1. The molecule has 1 saturated carbocycles. The fraction of sp³-hybridized carbons (Fsp3) is 0.588. The molecule has 0 spiro atoms. The smallest absolute Gasteiger partial charge is 0.220 e. The van der Waals surface area contributed by atoms with Crippen LogP contribution in [0, 0.1) is 12.8 Å². The Kier molecular flexibility index (Phi) is 7.69. The van der Waals surface area contributed by atoms with Crippen LogP contribution < -0.4 is 15.8 Å². The first kappa shape index (κ1) is 18.8. The Balaban J connectivity index is 0.00000242. The molecule has 4 nitrogen and oxygen atoms in total. The number of ether oxygens (including phenoxy) is 1. The molecule has 22 heavy (non-hydrogen) atoms. The van der Waals surface area contributed by atoms with Crippen molar-refractivity contribution in [3.05, 3.63) is 29.3 Å². The number of nitrogens with two attached hydrogens (primary N) is 1. The van der Waals surface area contributed by atoms with Gasteiger partial charge in [-0.25, -0.2) is 0 Å². The number of hydrogen-bond acceptors (Lipinski definition) is 3. The average Bonchev–Trinajstić information content (AvgIpc) is 2.84. The Labute approximate surface area is 139 Å². The van der Waals surface area contributed by atoms with E-state index >= 15 is 0 Å². The molecule has 2 atom stereocenters. The van der Waals surface area contributed by atoms with Crippen molar-refractivity contribution in [2.75, 3.05) is 6.61 Å². The summed E-state index contributed by atoms with van der Waals surface area (Å²) in [5.41, 5.74) is 8.19. The van der Waals surface area contributed by atoms with Gasteiger partial charge in [0.1, 0.15) is 5.75 Å². The van der Waals surface area contributed by atoms with Crippen molar-refractivity contribution in [2.45, 2.75) is 52.1 Å². The van der Waals surface area contributed by atoms with Crippen molar-refractivity contribution in [3.63, 3.8) is 0 Å². The number of hydrogen-bond donors (Lipinski definition) is 2. The first-order valence-electron chi connectivity index (χ1n) is 7.84. The number of amides is 1. The van der Waals surface area contributed by atoms with Crippen LogP contribution in [-0.4, -0.2) is 18.6 Å². The van der Waals surface area contributed by atoms with Crippen LogP contribution in [0.1, 0.15) is 43.7 Å². The van der Waals surface area contributed by atoms with E-state index in [1.165, 1.54) is 0 Å². The fourth-order valence-electron chi connectivity index (χ4n) is 2.92. The molecule has 1 aromatic rings. The van der Waals surface area contributed by atoms with Crippen LogP contribution >= 0.6 is 12.4 Å². The summed E-state index contributed by atoms with van der Waals surface area (Å²) in [4.78, 5) is 12.0. The molecule has 0 aromatic heterocycles. The van der Waals surface area contributed by atoms with Crippen molar-refractivity contribution in [3.8, 4) is 5.75 Å². The third-order valence-corrected chi connectivity index (χ3v) is 4.16. The van der Waals surface area contributed by atoms with Gasteiger partial charge in [0.05, 0.1) is 6.61 Å². The highest BCUT2D eigenvalue weighted by molar-refractivity contribution is 5.85. The quantitative estimate of drug-likeness (QED) is 0.844. The Bertz CT molecular complexity index is 494. The van der Waals surface area contributed by atoms with Gasteiger partial charge in [0.15, 0.2) is 0 Å². The monoisotopic (exact) mass is 326 g/mol. The van der Waals surface area contributed by atoms with Gasteiger partial charge in [-0.05, 0) is 44.2 Å². The molecule has 3 N–H and O–H groups in total. The molecule has 0 aliphatic heterocycles. The highest BCUT2D eigenvalue weighted by atomic mass is 35.5. The topological polar surface area (TPSA) is 64.3 Å². The molecule has 2 rings (SSSR count). The molecule has 0 bridgehead atoms. The maximum absolute atomic E-state index is 12.0. The SMILES string of the molecule is CCOc1cc(C)ccc1CNC(=O)C[C@@H]1CCC[C@H]1N.Cl. The van der Waals surface area contributed by atoms with Crippen LogP contribution in [0.15, 0.2) is 18.2 Å². The van der Waals surface area contributed by atoms with E-state index < -0.39 is 0 Å². The van der Waals surface area contributed by atoms with E-state index in [2.05, 4.69) is 5.32 Å². The minimum Gasteiger partial charge on any atom is -0.494 e. The van der Waals surface area contributed by atoms with Crippen LogP contribution in [0.5, 0.6) is 5.75 Å². The van der Waals surface area contributed by atoms with E-state index in [0.29, 0.717) is 25.5 Å². The fourth-order valence-corrected chi connectivity index (χ4v) is 2.92. The van der Waals surface area contributed by atoms with E-state index in [4.69, 9.17) is 10.5 Å². The average molecular weight is 327 g/mol. The van der Waals surface area contributed by atoms with Crippen LogP contribution in [0.2, 0.25) is 0 Å². The zero-order valence-corrected chi connectivity index (χ0v) is 14.2. The molecule has 1 aliphatic carbocycles. The van der Waals surface area contributed by atoms with Crippen molar-refractivity contribution in [1.82, 2.24) is 5.32 Å². The van der Waals surface area contributed by atoms with E-state index in [0.717, 1.165) is 36.1 Å². The lowest BCUT2D eigenvalue weighted by Crippen LogP contribution is -2.31. The van der Waals surface area contributed by atoms with Crippen LogP contribution in [0.3, 0.4) is 0 Å². The third kappa shape index (κ3) is 5.18. The van der Waals surface area contributed by atoms with E-state index in [9.17, 15) is 4.79 Å². The summed E-state index contributed by atoms with van der Waals surface area (Å²) in [6.07, 6.45) is 3.80. The standard InChI is InChI=1S/C17H26N2O2.ClH/c1-3-21-16-9-12(2)7-8-14(16)11-19-17(20)10-13-5-4-6-15(13)18;/h7-9,13,15H,3-6,10-11,18H2,1-2H3,(H,19,20);1H/t13-,15+;/m0./s1. The molecule has 1 aliphatic rings. The van der Waals surface area contributed by atoms with Gasteiger partial charge in [-0.2, -0.15) is 0 Å². The highest BCUT2D eigenvalue weighted by Crippen LogP contribution is 2.27. The number of benzene rings is 1. The van der Waals surface area contributed by atoms with Gasteiger partial charge in [-0.1, -0.05) is 18.6 Å². The van der Waals surface area contributed by atoms with Gasteiger partial charge in [0.2, 0.25) is 5.91 Å². The summed E-state index contributed by atoms with van der Waals surface area (Å²) in [5.74, 6) is 1.28. The summed E-state index contributed by atoms with van der Waals surface area (Å²) in [7, 11) is 0. The Morgan fingerprint density at radius 2 is 2.18 bits per heavy atom. The second-order valence-electron chi connectivity index (χ2n) is 5.88. The summed E-state index contributed by atoms with van der Waals surface area (Å²) >= 11 is 0. The largest absolute Gasteiger partial charge is 0.494 e. The van der Waals surface area contributed by atoms with Crippen molar-refractivity contribution in [2.24, 2.45) is 11.7 Å².